The fraction of sp³-hybridized carbons (Fsp3) is 0.429. The number of methoxy groups -OCH3 is 1. The molecule has 19 heavy (non-hydrogen) atoms. The molecule has 1 aromatic carbocycles. The van der Waals surface area contributed by atoms with Crippen molar-refractivity contribution in [1.82, 2.24) is 4.90 Å². The minimum Gasteiger partial charge on any atom is -0.481 e. The number of carboxylic acids is 1. The number of carbonyl (C=O) groups is 2. The first-order valence-electron chi connectivity index (χ1n) is 6.16. The summed E-state index contributed by atoms with van der Waals surface area (Å²) in [6.45, 7) is 0.693. The number of benzene rings is 1. The van der Waals surface area contributed by atoms with E-state index in [-0.39, 0.29) is 25.5 Å². The molecule has 1 rings (SSSR count). The van der Waals surface area contributed by atoms with Crippen LogP contribution in [0, 0.1) is 0 Å². The van der Waals surface area contributed by atoms with Crippen LogP contribution in [0.1, 0.15) is 12.0 Å². The molecule has 0 aliphatic heterocycles. The quantitative estimate of drug-likeness (QED) is 0.766. The van der Waals surface area contributed by atoms with Gasteiger partial charge in [-0.05, 0) is 12.0 Å². The standard InChI is InChI=1S/C14H19NO4/c1-19-11-13(16)15(10-8-14(17)18)9-7-12-5-3-2-4-6-12/h2-6H,7-11H2,1H3,(H,17,18). The van der Waals surface area contributed by atoms with Crippen molar-refractivity contribution in [1.29, 1.82) is 0 Å². The second-order valence-corrected chi connectivity index (χ2v) is 4.19. The highest BCUT2D eigenvalue weighted by atomic mass is 16.5. The predicted molar refractivity (Wildman–Crippen MR) is 70.9 cm³/mol. The molecule has 0 bridgehead atoms. The van der Waals surface area contributed by atoms with Gasteiger partial charge in [0.05, 0.1) is 6.42 Å². The Morgan fingerprint density at radius 3 is 2.47 bits per heavy atom. The van der Waals surface area contributed by atoms with Gasteiger partial charge in [-0.15, -0.1) is 0 Å². The van der Waals surface area contributed by atoms with E-state index in [0.717, 1.165) is 5.56 Å². The van der Waals surface area contributed by atoms with Crippen LogP contribution in [0.5, 0.6) is 0 Å². The van der Waals surface area contributed by atoms with Gasteiger partial charge < -0.3 is 14.7 Å². The Hall–Kier alpha value is -1.88. The number of nitrogens with zero attached hydrogens (tertiary/aromatic N) is 1. The predicted octanol–water partition coefficient (Wildman–Crippen LogP) is 1.18. The Morgan fingerprint density at radius 2 is 1.89 bits per heavy atom. The molecule has 0 heterocycles. The zero-order valence-electron chi connectivity index (χ0n) is 11.0. The van der Waals surface area contributed by atoms with Gasteiger partial charge in [0.1, 0.15) is 6.61 Å². The van der Waals surface area contributed by atoms with E-state index in [2.05, 4.69) is 0 Å². The van der Waals surface area contributed by atoms with Crippen molar-refractivity contribution < 1.29 is 19.4 Å². The molecular formula is C14H19NO4. The van der Waals surface area contributed by atoms with Crippen LogP contribution in [-0.4, -0.2) is 48.7 Å². The van der Waals surface area contributed by atoms with Crippen LogP contribution in [0.25, 0.3) is 0 Å². The molecule has 0 atom stereocenters. The lowest BCUT2D eigenvalue weighted by molar-refractivity contribution is -0.139. The van der Waals surface area contributed by atoms with E-state index in [1.54, 1.807) is 0 Å². The van der Waals surface area contributed by atoms with E-state index in [9.17, 15) is 9.59 Å². The van der Waals surface area contributed by atoms with E-state index >= 15 is 0 Å². The summed E-state index contributed by atoms with van der Waals surface area (Å²) < 4.78 is 4.80. The summed E-state index contributed by atoms with van der Waals surface area (Å²) in [7, 11) is 1.45. The molecule has 0 saturated heterocycles. The maximum absolute atomic E-state index is 11.8. The molecule has 5 nitrogen and oxygen atoms in total. The number of hydrogen-bond donors (Lipinski definition) is 1. The summed E-state index contributed by atoms with van der Waals surface area (Å²) in [6, 6.07) is 9.77. The molecule has 0 unspecified atom stereocenters. The Balaban J connectivity index is 2.52. The minimum atomic E-state index is -0.907. The van der Waals surface area contributed by atoms with Crippen molar-refractivity contribution in [2.45, 2.75) is 12.8 Å². The molecule has 104 valence electrons. The van der Waals surface area contributed by atoms with E-state index in [1.165, 1.54) is 12.0 Å². The minimum absolute atomic E-state index is 0.0194. The summed E-state index contributed by atoms with van der Waals surface area (Å²) in [5.41, 5.74) is 1.12. The summed E-state index contributed by atoms with van der Waals surface area (Å²) >= 11 is 0. The maximum Gasteiger partial charge on any atom is 0.305 e. The van der Waals surface area contributed by atoms with Gasteiger partial charge in [0.25, 0.3) is 0 Å². The van der Waals surface area contributed by atoms with E-state index in [4.69, 9.17) is 9.84 Å². The lowest BCUT2D eigenvalue weighted by atomic mass is 10.1. The first kappa shape index (κ1) is 15.2. The van der Waals surface area contributed by atoms with Gasteiger partial charge in [-0.25, -0.2) is 0 Å². The normalized spacial score (nSPS) is 10.2. The van der Waals surface area contributed by atoms with Gasteiger partial charge in [0.15, 0.2) is 0 Å². The molecule has 0 aliphatic rings. The highest BCUT2D eigenvalue weighted by Crippen LogP contribution is 2.03. The van der Waals surface area contributed by atoms with Crippen LogP contribution in [0.15, 0.2) is 30.3 Å². The van der Waals surface area contributed by atoms with Crippen molar-refractivity contribution in [3.8, 4) is 0 Å². The highest BCUT2D eigenvalue weighted by Gasteiger charge is 2.14. The average molecular weight is 265 g/mol. The zero-order chi connectivity index (χ0) is 14.1. The second-order valence-electron chi connectivity index (χ2n) is 4.19. The third-order valence-corrected chi connectivity index (χ3v) is 2.73. The summed E-state index contributed by atoms with van der Waals surface area (Å²) in [6.07, 6.45) is 0.653. The summed E-state index contributed by atoms with van der Waals surface area (Å²) in [5, 5.41) is 8.69. The molecule has 5 heteroatoms. The molecule has 0 radical (unpaired) electrons. The highest BCUT2D eigenvalue weighted by molar-refractivity contribution is 5.78. The third-order valence-electron chi connectivity index (χ3n) is 2.73. The number of amides is 1. The fourth-order valence-electron chi connectivity index (χ4n) is 1.72. The molecule has 0 spiro atoms. The van der Waals surface area contributed by atoms with Crippen molar-refractivity contribution in [2.24, 2.45) is 0 Å². The van der Waals surface area contributed by atoms with Crippen molar-refractivity contribution >= 4 is 11.9 Å². The molecule has 0 aliphatic carbocycles. The summed E-state index contributed by atoms with van der Waals surface area (Å²) in [4.78, 5) is 23.9. The first-order valence-corrected chi connectivity index (χ1v) is 6.16. The molecule has 1 amide bonds. The first-order chi connectivity index (χ1) is 9.13. The van der Waals surface area contributed by atoms with Gasteiger partial charge in [0.2, 0.25) is 5.91 Å². The SMILES string of the molecule is COCC(=O)N(CCC(=O)O)CCc1ccccc1. The van der Waals surface area contributed by atoms with Gasteiger partial charge in [0, 0.05) is 20.2 Å². The Labute approximate surface area is 112 Å². The number of ether oxygens (including phenoxy) is 1. The molecule has 1 N–H and O–H groups in total. The lowest BCUT2D eigenvalue weighted by Gasteiger charge is -2.21. The van der Waals surface area contributed by atoms with Crippen LogP contribution >= 0.6 is 0 Å². The second kappa shape index (κ2) is 8.26. The van der Waals surface area contributed by atoms with Crippen molar-refractivity contribution in [3.63, 3.8) is 0 Å². The molecular weight excluding hydrogens is 246 g/mol. The number of rotatable bonds is 8. The van der Waals surface area contributed by atoms with Gasteiger partial charge in [-0.2, -0.15) is 0 Å². The third kappa shape index (κ3) is 6.01. The molecule has 0 saturated carbocycles. The van der Waals surface area contributed by atoms with Crippen LogP contribution in [-0.2, 0) is 20.7 Å². The largest absolute Gasteiger partial charge is 0.481 e. The van der Waals surface area contributed by atoms with Crippen LogP contribution < -0.4 is 0 Å². The molecule has 1 aromatic rings. The van der Waals surface area contributed by atoms with Crippen LogP contribution in [0.4, 0.5) is 0 Å². The maximum atomic E-state index is 11.8. The average Bonchev–Trinajstić information content (AvgIpc) is 2.40. The number of carboxylic acid groups (broad SMARTS) is 1. The van der Waals surface area contributed by atoms with Crippen LogP contribution in [0.3, 0.4) is 0 Å². The summed E-state index contributed by atoms with van der Waals surface area (Å²) in [5.74, 6) is -1.09. The van der Waals surface area contributed by atoms with E-state index < -0.39 is 5.97 Å². The Kier molecular flexibility index (Phi) is 6.60. The fourth-order valence-corrected chi connectivity index (χ4v) is 1.72. The molecule has 0 aromatic heterocycles. The van der Waals surface area contributed by atoms with E-state index in [1.807, 2.05) is 30.3 Å². The topological polar surface area (TPSA) is 66.8 Å². The Morgan fingerprint density at radius 1 is 1.21 bits per heavy atom. The van der Waals surface area contributed by atoms with Crippen LogP contribution in [0.2, 0.25) is 0 Å². The van der Waals surface area contributed by atoms with Crippen molar-refractivity contribution in [2.75, 3.05) is 26.8 Å². The van der Waals surface area contributed by atoms with Crippen molar-refractivity contribution in [3.05, 3.63) is 35.9 Å². The number of aliphatic carboxylic acids is 1. The Bertz CT molecular complexity index is 405. The monoisotopic (exact) mass is 265 g/mol. The molecule has 0 fully saturated rings. The zero-order valence-corrected chi connectivity index (χ0v) is 11.0. The van der Waals surface area contributed by atoms with Gasteiger partial charge >= 0.3 is 5.97 Å². The lowest BCUT2D eigenvalue weighted by Crippen LogP contribution is -2.37. The van der Waals surface area contributed by atoms with Gasteiger partial charge in [-0.1, -0.05) is 30.3 Å². The smallest absolute Gasteiger partial charge is 0.305 e. The number of hydrogen-bond acceptors (Lipinski definition) is 3. The van der Waals surface area contributed by atoms with E-state index in [0.29, 0.717) is 13.0 Å². The number of carbonyl (C=O) groups excluding carboxylic acids is 1. The van der Waals surface area contributed by atoms with Gasteiger partial charge in [-0.3, -0.25) is 9.59 Å².